The lowest BCUT2D eigenvalue weighted by molar-refractivity contribution is -0.120. The summed E-state index contributed by atoms with van der Waals surface area (Å²) in [6.45, 7) is 13.8. The maximum Gasteiger partial charge on any atom is 0.237 e. The van der Waals surface area contributed by atoms with Gasteiger partial charge in [0, 0.05) is 67.1 Å². The Morgan fingerprint density at radius 1 is 0.939 bits per heavy atom. The Kier molecular flexibility index (Phi) is 11.5. The minimum atomic E-state index is -0.418. The van der Waals surface area contributed by atoms with Gasteiger partial charge in [0.05, 0.1) is 43.0 Å². The summed E-state index contributed by atoms with van der Waals surface area (Å²) in [7, 11) is 3.18. The molecule has 4 aromatic rings. The first-order valence-electron chi connectivity index (χ1n) is 16.3. The average Bonchev–Trinajstić information content (AvgIpc) is 3.49. The second-order valence-electron chi connectivity index (χ2n) is 12.9. The smallest absolute Gasteiger partial charge is 0.237 e. The van der Waals surface area contributed by atoms with Gasteiger partial charge in [-0.15, -0.1) is 0 Å². The SMILES string of the molecule is C=C1CC[C@@H](CNCc2ncc(-c3cccc(-c4cccc(-c5cnc(CNCC(C)(C)NC(C)=O)c(OC)n5)c4Cl)c3C)nc2OC)N1. The van der Waals surface area contributed by atoms with Gasteiger partial charge in [0.1, 0.15) is 11.4 Å². The summed E-state index contributed by atoms with van der Waals surface area (Å²) < 4.78 is 11.3. The molecule has 258 valence electrons. The van der Waals surface area contributed by atoms with Gasteiger partial charge in [-0.05, 0) is 44.7 Å². The van der Waals surface area contributed by atoms with E-state index in [9.17, 15) is 4.79 Å². The van der Waals surface area contributed by atoms with E-state index in [0.29, 0.717) is 59.5 Å². The number of aromatic nitrogens is 4. The molecule has 3 heterocycles. The molecule has 5 rings (SSSR count). The number of hydrogen-bond acceptors (Lipinski definition) is 10. The number of benzene rings is 2. The third-order valence-electron chi connectivity index (χ3n) is 8.44. The molecule has 1 aliphatic heterocycles. The van der Waals surface area contributed by atoms with Crippen LogP contribution in [0.1, 0.15) is 50.6 Å². The number of ether oxygens (including phenoxy) is 2. The number of nitrogens with one attached hydrogen (secondary N) is 4. The van der Waals surface area contributed by atoms with E-state index in [4.69, 9.17) is 36.0 Å². The van der Waals surface area contributed by atoms with E-state index in [1.807, 2.05) is 50.2 Å². The fraction of sp³-hybridized carbons (Fsp3) is 0.378. The molecule has 1 atom stereocenters. The van der Waals surface area contributed by atoms with Crippen LogP contribution >= 0.6 is 11.6 Å². The van der Waals surface area contributed by atoms with Gasteiger partial charge in [-0.25, -0.2) is 9.97 Å². The molecule has 1 fully saturated rings. The molecule has 1 aliphatic rings. The van der Waals surface area contributed by atoms with Gasteiger partial charge in [-0.2, -0.15) is 0 Å². The van der Waals surface area contributed by atoms with Crippen molar-refractivity contribution in [2.75, 3.05) is 27.3 Å². The predicted octanol–water partition coefficient (Wildman–Crippen LogP) is 5.61. The second kappa shape index (κ2) is 15.8. The molecule has 1 amide bonds. The van der Waals surface area contributed by atoms with Gasteiger partial charge in [0.15, 0.2) is 0 Å². The van der Waals surface area contributed by atoms with Crippen molar-refractivity contribution in [3.05, 3.63) is 83.0 Å². The largest absolute Gasteiger partial charge is 0.480 e. The highest BCUT2D eigenvalue weighted by Gasteiger charge is 2.21. The number of amides is 1. The molecule has 11 nitrogen and oxygen atoms in total. The lowest BCUT2D eigenvalue weighted by Gasteiger charge is -2.26. The van der Waals surface area contributed by atoms with Crippen LogP contribution in [0.4, 0.5) is 0 Å². The molecule has 0 bridgehead atoms. The highest BCUT2D eigenvalue weighted by atomic mass is 35.5. The van der Waals surface area contributed by atoms with Crippen molar-refractivity contribution in [1.82, 2.24) is 41.2 Å². The van der Waals surface area contributed by atoms with Crippen molar-refractivity contribution in [2.45, 2.75) is 65.2 Å². The number of hydrogen-bond donors (Lipinski definition) is 4. The molecule has 0 aliphatic carbocycles. The summed E-state index contributed by atoms with van der Waals surface area (Å²) in [4.78, 5) is 30.5. The van der Waals surface area contributed by atoms with Crippen molar-refractivity contribution < 1.29 is 14.3 Å². The topological polar surface area (TPSA) is 135 Å². The van der Waals surface area contributed by atoms with Crippen LogP contribution in [0.5, 0.6) is 11.8 Å². The van der Waals surface area contributed by atoms with Crippen molar-refractivity contribution in [2.24, 2.45) is 0 Å². The van der Waals surface area contributed by atoms with Gasteiger partial charge in [-0.3, -0.25) is 14.8 Å². The van der Waals surface area contributed by atoms with E-state index < -0.39 is 5.54 Å². The Morgan fingerprint density at radius 3 is 2.10 bits per heavy atom. The Labute approximate surface area is 293 Å². The first-order chi connectivity index (χ1) is 23.5. The highest BCUT2D eigenvalue weighted by molar-refractivity contribution is 6.36. The van der Waals surface area contributed by atoms with E-state index in [1.165, 1.54) is 6.92 Å². The molecule has 49 heavy (non-hydrogen) atoms. The molecule has 4 N–H and O–H groups in total. The van der Waals surface area contributed by atoms with Crippen molar-refractivity contribution in [3.8, 4) is 45.4 Å². The summed E-state index contributed by atoms with van der Waals surface area (Å²) in [5, 5.41) is 13.7. The zero-order valence-electron chi connectivity index (χ0n) is 29.0. The van der Waals surface area contributed by atoms with Gasteiger partial charge in [-0.1, -0.05) is 54.6 Å². The van der Waals surface area contributed by atoms with Crippen molar-refractivity contribution in [1.29, 1.82) is 0 Å². The van der Waals surface area contributed by atoms with Crippen LogP contribution in [0, 0.1) is 6.92 Å². The molecule has 0 unspecified atom stereocenters. The Bertz CT molecular complexity index is 1830. The number of rotatable bonds is 14. The first-order valence-corrected chi connectivity index (χ1v) is 16.7. The summed E-state index contributed by atoms with van der Waals surface area (Å²) in [6, 6.07) is 12.3. The fourth-order valence-corrected chi connectivity index (χ4v) is 6.40. The summed E-state index contributed by atoms with van der Waals surface area (Å²) in [6.07, 6.45) is 5.57. The second-order valence-corrected chi connectivity index (χ2v) is 13.2. The maximum atomic E-state index is 11.5. The van der Waals surface area contributed by atoms with Crippen LogP contribution in [0.15, 0.2) is 61.1 Å². The lowest BCUT2D eigenvalue weighted by atomic mass is 9.93. The predicted molar refractivity (Wildman–Crippen MR) is 193 cm³/mol. The Hall–Kier alpha value is -4.58. The van der Waals surface area contributed by atoms with Crippen LogP contribution < -0.4 is 30.7 Å². The molecular weight excluding hydrogens is 640 g/mol. The number of allylic oxidation sites excluding steroid dienone is 1. The van der Waals surface area contributed by atoms with E-state index in [1.54, 1.807) is 26.6 Å². The van der Waals surface area contributed by atoms with Crippen molar-refractivity contribution >= 4 is 17.5 Å². The normalized spacial score (nSPS) is 14.4. The van der Waals surface area contributed by atoms with Crippen LogP contribution in [-0.2, 0) is 17.9 Å². The van der Waals surface area contributed by atoms with Crippen LogP contribution in [0.25, 0.3) is 33.6 Å². The Balaban J connectivity index is 1.35. The molecule has 0 saturated carbocycles. The molecule has 12 heteroatoms. The maximum absolute atomic E-state index is 11.5. The quantitative estimate of drug-likeness (QED) is 0.133. The third-order valence-corrected chi connectivity index (χ3v) is 8.85. The average molecular weight is 685 g/mol. The Morgan fingerprint density at radius 2 is 1.51 bits per heavy atom. The number of carbonyl (C=O) groups excluding carboxylic acids is 1. The minimum Gasteiger partial charge on any atom is -0.480 e. The van der Waals surface area contributed by atoms with E-state index in [0.717, 1.165) is 58.6 Å². The third kappa shape index (κ3) is 8.72. The number of methoxy groups -OCH3 is 2. The van der Waals surface area contributed by atoms with E-state index in [2.05, 4.69) is 39.8 Å². The monoisotopic (exact) mass is 684 g/mol. The minimum absolute atomic E-state index is 0.0823. The number of carbonyl (C=O) groups is 1. The lowest BCUT2D eigenvalue weighted by Crippen LogP contribution is -2.49. The molecule has 0 radical (unpaired) electrons. The van der Waals surface area contributed by atoms with Gasteiger partial charge >= 0.3 is 0 Å². The van der Waals surface area contributed by atoms with Gasteiger partial charge in [0.25, 0.3) is 0 Å². The van der Waals surface area contributed by atoms with E-state index in [-0.39, 0.29) is 5.91 Å². The van der Waals surface area contributed by atoms with Crippen LogP contribution in [0.3, 0.4) is 0 Å². The zero-order chi connectivity index (χ0) is 35.1. The summed E-state index contributed by atoms with van der Waals surface area (Å²) >= 11 is 7.11. The van der Waals surface area contributed by atoms with E-state index >= 15 is 0 Å². The summed E-state index contributed by atoms with van der Waals surface area (Å²) in [5.74, 6) is 0.802. The zero-order valence-corrected chi connectivity index (χ0v) is 29.8. The molecule has 1 saturated heterocycles. The molecule has 2 aromatic carbocycles. The molecule has 0 spiro atoms. The highest BCUT2D eigenvalue weighted by Crippen LogP contribution is 2.39. The van der Waals surface area contributed by atoms with Crippen LogP contribution in [-0.4, -0.2) is 64.7 Å². The summed E-state index contributed by atoms with van der Waals surface area (Å²) in [5.41, 5.74) is 7.85. The number of nitrogens with zero attached hydrogens (tertiary/aromatic N) is 4. The molecule has 2 aromatic heterocycles. The van der Waals surface area contributed by atoms with Crippen molar-refractivity contribution in [3.63, 3.8) is 0 Å². The number of halogens is 1. The van der Waals surface area contributed by atoms with Gasteiger partial charge < -0.3 is 30.7 Å². The van der Waals surface area contributed by atoms with Gasteiger partial charge in [0.2, 0.25) is 17.7 Å². The standard InChI is InChI=1S/C37H45ClN8O3/c1-22-14-15-25(43-22)16-39-17-32-35(48-6)44-30(19-41-32)27-11-8-10-26(23(27)2)28-12-9-13-29(34(28)38)31-20-42-33(36(45-31)49-7)18-40-21-37(4,5)46-24(3)47/h8-13,19-20,25,39-40,43H,1,14-18,21H2,2-7H3,(H,46,47)/t25-/m0/s1. The van der Waals surface area contributed by atoms with Crippen LogP contribution in [0.2, 0.25) is 5.02 Å². The first kappa shape index (κ1) is 35.7. The fourth-order valence-electron chi connectivity index (χ4n) is 6.08. The molecular formula is C37H45ClN8O3.